The predicted octanol–water partition coefficient (Wildman–Crippen LogP) is 3.05. The smallest absolute Gasteiger partial charge is 0.312 e. The van der Waals surface area contributed by atoms with Gasteiger partial charge in [-0.3, -0.25) is 19.6 Å². The fourth-order valence-corrected chi connectivity index (χ4v) is 4.68. The molecule has 0 radical (unpaired) electrons. The van der Waals surface area contributed by atoms with Crippen LogP contribution in [0.1, 0.15) is 33.7 Å². The molecule has 0 saturated heterocycles. The Bertz CT molecular complexity index is 1220. The highest BCUT2D eigenvalue weighted by molar-refractivity contribution is 7.91. The normalized spacial score (nSPS) is 11.3. The van der Waals surface area contributed by atoms with Gasteiger partial charge in [0.1, 0.15) is 11.4 Å². The maximum Gasteiger partial charge on any atom is 0.312 e. The highest BCUT2D eigenvalue weighted by Crippen LogP contribution is 2.22. The van der Waals surface area contributed by atoms with Gasteiger partial charge >= 0.3 is 5.69 Å². The number of rotatable bonds is 9. The lowest BCUT2D eigenvalue weighted by atomic mass is 10.1. The summed E-state index contributed by atoms with van der Waals surface area (Å²) in [6.45, 7) is 3.83. The fraction of sp³-hybridized carbons (Fsp3) is 0.273. The van der Waals surface area contributed by atoms with Crippen LogP contribution in [-0.4, -0.2) is 41.3 Å². The van der Waals surface area contributed by atoms with Gasteiger partial charge in [0.15, 0.2) is 9.84 Å². The molecule has 0 saturated carbocycles. The highest BCUT2D eigenvalue weighted by Gasteiger charge is 2.21. The number of hydrogen-bond donors (Lipinski definition) is 1. The summed E-state index contributed by atoms with van der Waals surface area (Å²) in [5.74, 6) is -0.347. The van der Waals surface area contributed by atoms with Gasteiger partial charge in [0, 0.05) is 12.1 Å². The number of hydrogen-bond acceptors (Lipinski definition) is 6. The van der Waals surface area contributed by atoms with E-state index in [2.05, 4.69) is 10.4 Å². The van der Waals surface area contributed by atoms with Crippen LogP contribution in [-0.2, 0) is 16.4 Å². The minimum absolute atomic E-state index is 0.00952. The van der Waals surface area contributed by atoms with Gasteiger partial charge in [-0.25, -0.2) is 8.42 Å². The molecule has 0 bridgehead atoms. The summed E-state index contributed by atoms with van der Waals surface area (Å²) in [7, 11) is -3.37. The Kier molecular flexibility index (Phi) is 7.04. The van der Waals surface area contributed by atoms with E-state index >= 15 is 0 Å². The zero-order chi connectivity index (χ0) is 23.3. The molecule has 168 valence electrons. The number of sulfone groups is 1. The van der Waals surface area contributed by atoms with Crippen molar-refractivity contribution in [1.29, 1.82) is 0 Å². The third-order valence-electron chi connectivity index (χ3n) is 5.05. The van der Waals surface area contributed by atoms with E-state index in [1.807, 2.05) is 0 Å². The standard InChI is InChI=1S/C22H24N4O5S/c1-16-21(26(28)29)17(2)25(24-16)15-18-9-11-19(12-10-18)22(27)23-13-6-14-32(30,31)20-7-4-3-5-8-20/h3-5,7-12H,6,13-15H2,1-2H3,(H,23,27). The number of amides is 1. The lowest BCUT2D eigenvalue weighted by molar-refractivity contribution is -0.386. The number of aryl methyl sites for hydroxylation is 1. The Balaban J connectivity index is 1.53. The SMILES string of the molecule is Cc1nn(Cc2ccc(C(=O)NCCCS(=O)(=O)c3ccccc3)cc2)c(C)c1[N+](=O)[O-]. The second kappa shape index (κ2) is 9.73. The van der Waals surface area contributed by atoms with Gasteiger partial charge in [-0.1, -0.05) is 30.3 Å². The molecule has 0 atom stereocenters. The molecule has 0 aliphatic rings. The van der Waals surface area contributed by atoms with Crippen molar-refractivity contribution in [2.24, 2.45) is 0 Å². The van der Waals surface area contributed by atoms with E-state index in [1.165, 1.54) is 0 Å². The van der Waals surface area contributed by atoms with Crippen molar-refractivity contribution in [3.8, 4) is 0 Å². The summed E-state index contributed by atoms with van der Waals surface area (Å²) in [5, 5.41) is 18.1. The summed E-state index contributed by atoms with van der Waals surface area (Å²) in [5.41, 5.74) is 2.13. The van der Waals surface area contributed by atoms with Gasteiger partial charge in [0.05, 0.1) is 22.1 Å². The molecule has 0 fully saturated rings. The first-order valence-electron chi connectivity index (χ1n) is 10.0. The van der Waals surface area contributed by atoms with Crippen molar-refractivity contribution in [1.82, 2.24) is 15.1 Å². The van der Waals surface area contributed by atoms with Crippen molar-refractivity contribution in [3.63, 3.8) is 0 Å². The molecule has 1 heterocycles. The third-order valence-corrected chi connectivity index (χ3v) is 6.87. The zero-order valence-corrected chi connectivity index (χ0v) is 18.6. The number of aromatic nitrogens is 2. The number of benzene rings is 2. The first-order chi connectivity index (χ1) is 15.2. The van der Waals surface area contributed by atoms with Gasteiger partial charge < -0.3 is 5.32 Å². The molecular formula is C22H24N4O5S. The molecule has 1 amide bonds. The van der Waals surface area contributed by atoms with E-state index in [1.54, 1.807) is 73.1 Å². The summed E-state index contributed by atoms with van der Waals surface area (Å²) < 4.78 is 26.1. The molecule has 2 aromatic carbocycles. The maximum absolute atomic E-state index is 12.3. The van der Waals surface area contributed by atoms with E-state index < -0.39 is 14.8 Å². The van der Waals surface area contributed by atoms with Crippen LogP contribution in [0.4, 0.5) is 5.69 Å². The maximum atomic E-state index is 12.3. The van der Waals surface area contributed by atoms with Gasteiger partial charge in [-0.15, -0.1) is 0 Å². The van der Waals surface area contributed by atoms with Crippen LogP contribution in [0.15, 0.2) is 59.5 Å². The number of nitrogens with one attached hydrogen (secondary N) is 1. The van der Waals surface area contributed by atoms with Crippen molar-refractivity contribution < 1.29 is 18.1 Å². The van der Waals surface area contributed by atoms with Gasteiger partial charge in [0.25, 0.3) is 5.91 Å². The molecule has 9 nitrogen and oxygen atoms in total. The first-order valence-corrected chi connectivity index (χ1v) is 11.7. The average molecular weight is 457 g/mol. The van der Waals surface area contributed by atoms with Crippen LogP contribution in [0.25, 0.3) is 0 Å². The van der Waals surface area contributed by atoms with Crippen LogP contribution >= 0.6 is 0 Å². The van der Waals surface area contributed by atoms with E-state index in [-0.39, 0.29) is 28.8 Å². The third kappa shape index (κ3) is 5.38. The molecule has 1 N–H and O–H groups in total. The summed E-state index contributed by atoms with van der Waals surface area (Å²) in [6, 6.07) is 15.1. The van der Waals surface area contributed by atoms with E-state index in [4.69, 9.17) is 0 Å². The topological polar surface area (TPSA) is 124 Å². The Morgan fingerprint density at radius 1 is 1.09 bits per heavy atom. The van der Waals surface area contributed by atoms with E-state index in [0.29, 0.717) is 29.9 Å². The summed E-state index contributed by atoms with van der Waals surface area (Å²) in [4.78, 5) is 23.3. The second-order valence-electron chi connectivity index (χ2n) is 7.37. The quantitative estimate of drug-likeness (QED) is 0.300. The van der Waals surface area contributed by atoms with Crippen LogP contribution in [0.2, 0.25) is 0 Å². The lowest BCUT2D eigenvalue weighted by Gasteiger charge is -2.08. The van der Waals surface area contributed by atoms with Crippen molar-refractivity contribution in [2.45, 2.75) is 31.7 Å². The van der Waals surface area contributed by atoms with Crippen LogP contribution in [0.3, 0.4) is 0 Å². The van der Waals surface area contributed by atoms with Crippen LogP contribution in [0.5, 0.6) is 0 Å². The largest absolute Gasteiger partial charge is 0.352 e. The van der Waals surface area contributed by atoms with Crippen molar-refractivity contribution in [3.05, 3.63) is 87.2 Å². The van der Waals surface area contributed by atoms with Gasteiger partial charge in [-0.2, -0.15) is 5.10 Å². The zero-order valence-electron chi connectivity index (χ0n) is 17.8. The molecule has 10 heteroatoms. The van der Waals surface area contributed by atoms with E-state index in [9.17, 15) is 23.3 Å². The Morgan fingerprint density at radius 3 is 2.34 bits per heavy atom. The minimum Gasteiger partial charge on any atom is -0.352 e. The Hall–Kier alpha value is -3.53. The predicted molar refractivity (Wildman–Crippen MR) is 119 cm³/mol. The van der Waals surface area contributed by atoms with Gasteiger partial charge in [-0.05, 0) is 50.1 Å². The lowest BCUT2D eigenvalue weighted by Crippen LogP contribution is -2.26. The molecule has 0 spiro atoms. The van der Waals surface area contributed by atoms with Crippen LogP contribution < -0.4 is 5.32 Å². The molecule has 32 heavy (non-hydrogen) atoms. The summed E-state index contributed by atoms with van der Waals surface area (Å²) in [6.07, 6.45) is 0.303. The molecule has 1 aromatic heterocycles. The summed E-state index contributed by atoms with van der Waals surface area (Å²) >= 11 is 0. The number of nitrogens with zero attached hydrogens (tertiary/aromatic N) is 3. The van der Waals surface area contributed by atoms with Gasteiger partial charge in [0.2, 0.25) is 0 Å². The average Bonchev–Trinajstić information content (AvgIpc) is 3.05. The fourth-order valence-electron chi connectivity index (χ4n) is 3.35. The Morgan fingerprint density at radius 2 is 1.75 bits per heavy atom. The minimum atomic E-state index is -3.37. The number of carbonyl (C=O) groups excluding carboxylic acids is 1. The monoisotopic (exact) mass is 456 g/mol. The number of carbonyl (C=O) groups is 1. The van der Waals surface area contributed by atoms with E-state index in [0.717, 1.165) is 5.56 Å². The molecule has 0 aliphatic carbocycles. The van der Waals surface area contributed by atoms with Crippen LogP contribution in [0, 0.1) is 24.0 Å². The second-order valence-corrected chi connectivity index (χ2v) is 9.48. The molecule has 3 rings (SSSR count). The number of nitro groups is 1. The first kappa shape index (κ1) is 23.1. The van der Waals surface area contributed by atoms with Crippen molar-refractivity contribution >= 4 is 21.4 Å². The molecular weight excluding hydrogens is 432 g/mol. The van der Waals surface area contributed by atoms with Crippen molar-refractivity contribution in [2.75, 3.05) is 12.3 Å². The molecule has 0 aliphatic heterocycles. The molecule has 3 aromatic rings. The molecule has 0 unspecified atom stereocenters. The highest BCUT2D eigenvalue weighted by atomic mass is 32.2. The Labute approximate surface area is 186 Å².